The maximum Gasteiger partial charge on any atom is 0.257 e. The molecule has 2 heterocycles. The molecular weight excluding hydrogens is 282 g/mol. The van der Waals surface area contributed by atoms with E-state index in [1.165, 1.54) is 36.9 Å². The quantitative estimate of drug-likeness (QED) is 0.928. The Balaban J connectivity index is 1.46. The van der Waals surface area contributed by atoms with Gasteiger partial charge >= 0.3 is 0 Å². The Kier molecular flexibility index (Phi) is 3.59. The molecule has 0 amide bonds. The number of nitrogens with zero attached hydrogens (tertiary/aromatic N) is 2. The Morgan fingerprint density at radius 1 is 1.29 bits per heavy atom. The van der Waals surface area contributed by atoms with Gasteiger partial charge in [-0.1, -0.05) is 18.0 Å². The van der Waals surface area contributed by atoms with Crippen LogP contribution in [0.25, 0.3) is 11.5 Å². The van der Waals surface area contributed by atoms with Crippen LogP contribution in [0, 0.1) is 0 Å². The molecule has 1 saturated carbocycles. The van der Waals surface area contributed by atoms with Crippen LogP contribution in [-0.2, 0) is 12.2 Å². The van der Waals surface area contributed by atoms with Crippen molar-refractivity contribution in [1.29, 1.82) is 0 Å². The third kappa shape index (κ3) is 2.79. The molecule has 1 aromatic carbocycles. The predicted molar refractivity (Wildman–Crippen MR) is 85.5 cm³/mol. The van der Waals surface area contributed by atoms with Crippen molar-refractivity contribution in [2.45, 2.75) is 43.1 Å². The molecule has 4 nitrogen and oxygen atoms in total. The summed E-state index contributed by atoms with van der Waals surface area (Å²) < 4.78 is 5.43. The smallest absolute Gasteiger partial charge is 0.257 e. The Labute approximate surface area is 128 Å². The third-order valence-electron chi connectivity index (χ3n) is 4.28. The molecule has 110 valence electrons. The van der Waals surface area contributed by atoms with Crippen LogP contribution in [0.2, 0.25) is 0 Å². The first-order valence-electron chi connectivity index (χ1n) is 7.70. The Hall–Kier alpha value is -1.49. The van der Waals surface area contributed by atoms with Crippen molar-refractivity contribution in [1.82, 2.24) is 10.1 Å². The van der Waals surface area contributed by atoms with Gasteiger partial charge in [-0.15, -0.1) is 0 Å². The van der Waals surface area contributed by atoms with E-state index in [1.54, 1.807) is 0 Å². The molecule has 2 aromatic rings. The number of nitrogens with one attached hydrogen (secondary N) is 1. The first-order valence-corrected chi connectivity index (χ1v) is 8.75. The molecule has 1 aromatic heterocycles. The monoisotopic (exact) mass is 301 g/mol. The minimum atomic E-state index is 0.645. The zero-order valence-corrected chi connectivity index (χ0v) is 12.8. The zero-order chi connectivity index (χ0) is 14.1. The molecule has 5 heteroatoms. The summed E-state index contributed by atoms with van der Waals surface area (Å²) in [5.74, 6) is 2.33. The fraction of sp³-hybridized carbons (Fsp3) is 0.500. The summed E-state index contributed by atoms with van der Waals surface area (Å²) in [7, 11) is 0. The lowest BCUT2D eigenvalue weighted by Gasteiger charge is -2.04. The van der Waals surface area contributed by atoms with Crippen molar-refractivity contribution in [2.24, 2.45) is 0 Å². The highest BCUT2D eigenvalue weighted by Crippen LogP contribution is 2.32. The van der Waals surface area contributed by atoms with Gasteiger partial charge in [-0.05, 0) is 43.0 Å². The second kappa shape index (κ2) is 5.72. The first-order chi connectivity index (χ1) is 10.4. The van der Waals surface area contributed by atoms with Crippen molar-refractivity contribution in [3.05, 3.63) is 29.6 Å². The number of rotatable bonds is 4. The first kappa shape index (κ1) is 13.2. The van der Waals surface area contributed by atoms with E-state index in [2.05, 4.69) is 33.7 Å². The van der Waals surface area contributed by atoms with Crippen LogP contribution in [0.3, 0.4) is 0 Å². The highest BCUT2D eigenvalue weighted by molar-refractivity contribution is 7.99. The van der Waals surface area contributed by atoms with Crippen LogP contribution < -0.4 is 5.32 Å². The van der Waals surface area contributed by atoms with E-state index in [0.717, 1.165) is 35.4 Å². The molecule has 1 aliphatic heterocycles. The summed E-state index contributed by atoms with van der Waals surface area (Å²) in [4.78, 5) is 4.55. The van der Waals surface area contributed by atoms with Crippen LogP contribution >= 0.6 is 11.8 Å². The van der Waals surface area contributed by atoms with Gasteiger partial charge in [-0.3, -0.25) is 0 Å². The third-order valence-corrected chi connectivity index (χ3v) is 5.65. The topological polar surface area (TPSA) is 51.0 Å². The fourth-order valence-corrected chi connectivity index (χ4v) is 4.28. The van der Waals surface area contributed by atoms with Gasteiger partial charge in [-0.2, -0.15) is 16.7 Å². The minimum Gasteiger partial charge on any atom is -0.384 e. The number of hydrogen-bond donors (Lipinski definition) is 1. The average molecular weight is 301 g/mol. The highest BCUT2D eigenvalue weighted by atomic mass is 32.2. The van der Waals surface area contributed by atoms with Crippen LogP contribution in [-0.4, -0.2) is 21.9 Å². The number of anilines is 1. The van der Waals surface area contributed by atoms with Gasteiger partial charge in [0, 0.05) is 23.0 Å². The molecule has 0 saturated heterocycles. The number of benzene rings is 1. The van der Waals surface area contributed by atoms with Crippen LogP contribution in [0.4, 0.5) is 5.69 Å². The van der Waals surface area contributed by atoms with Gasteiger partial charge in [0.2, 0.25) is 0 Å². The average Bonchev–Trinajstić information content (AvgIpc) is 3.25. The summed E-state index contributed by atoms with van der Waals surface area (Å²) in [6.45, 7) is 1.02. The predicted octanol–water partition coefficient (Wildman–Crippen LogP) is 3.88. The van der Waals surface area contributed by atoms with E-state index >= 15 is 0 Å². The summed E-state index contributed by atoms with van der Waals surface area (Å²) in [5, 5.41) is 8.28. The van der Waals surface area contributed by atoms with Crippen LogP contribution in [0.5, 0.6) is 0 Å². The van der Waals surface area contributed by atoms with Gasteiger partial charge < -0.3 is 9.84 Å². The van der Waals surface area contributed by atoms with E-state index in [9.17, 15) is 0 Å². The summed E-state index contributed by atoms with van der Waals surface area (Å²) in [6, 6.07) is 6.32. The van der Waals surface area contributed by atoms with Gasteiger partial charge in [0.1, 0.15) is 0 Å². The van der Waals surface area contributed by atoms with E-state index < -0.39 is 0 Å². The molecule has 0 radical (unpaired) electrons. The van der Waals surface area contributed by atoms with E-state index in [1.807, 2.05) is 11.8 Å². The van der Waals surface area contributed by atoms with Crippen LogP contribution in [0.15, 0.2) is 22.7 Å². The van der Waals surface area contributed by atoms with Crippen molar-refractivity contribution >= 4 is 17.4 Å². The van der Waals surface area contributed by atoms with Crippen molar-refractivity contribution in [2.75, 3.05) is 11.9 Å². The molecule has 0 bridgehead atoms. The molecule has 21 heavy (non-hydrogen) atoms. The van der Waals surface area contributed by atoms with Crippen molar-refractivity contribution in [3.8, 4) is 11.5 Å². The standard InChI is InChI=1S/C16H19N3OS/c1-2-4-13(3-1)21-10-15-18-16(20-19-15)12-5-6-14-11(9-12)7-8-17-14/h5-6,9,13,17H,1-4,7-8,10H2. The van der Waals surface area contributed by atoms with Gasteiger partial charge in [-0.25, -0.2) is 0 Å². The van der Waals surface area contributed by atoms with E-state index in [0.29, 0.717) is 5.89 Å². The normalized spacial score (nSPS) is 17.9. The lowest BCUT2D eigenvalue weighted by Crippen LogP contribution is -1.95. The minimum absolute atomic E-state index is 0.645. The van der Waals surface area contributed by atoms with Crippen molar-refractivity contribution < 1.29 is 4.52 Å². The van der Waals surface area contributed by atoms with Gasteiger partial charge in [0.05, 0.1) is 5.75 Å². The van der Waals surface area contributed by atoms with Crippen LogP contribution in [0.1, 0.15) is 37.1 Å². The second-order valence-corrected chi connectivity index (χ2v) is 7.07. The Morgan fingerprint density at radius 2 is 2.19 bits per heavy atom. The molecule has 0 spiro atoms. The number of hydrogen-bond acceptors (Lipinski definition) is 5. The molecule has 1 aliphatic carbocycles. The summed E-state index contributed by atoms with van der Waals surface area (Å²) >= 11 is 1.97. The molecule has 2 aliphatic rings. The molecule has 1 N–H and O–H groups in total. The maximum atomic E-state index is 5.43. The summed E-state index contributed by atoms with van der Waals surface area (Å²) in [6.07, 6.45) is 6.50. The SMILES string of the molecule is c1cc2c(cc1-c1nc(CSC3CCCC3)no1)CCN2. The maximum absolute atomic E-state index is 5.43. The molecular formula is C16H19N3OS. The highest BCUT2D eigenvalue weighted by Gasteiger charge is 2.18. The molecule has 0 atom stereocenters. The number of aromatic nitrogens is 2. The lowest BCUT2D eigenvalue weighted by atomic mass is 10.1. The lowest BCUT2D eigenvalue weighted by molar-refractivity contribution is 0.425. The number of thioether (sulfide) groups is 1. The van der Waals surface area contributed by atoms with E-state index in [4.69, 9.17) is 4.52 Å². The summed E-state index contributed by atoms with van der Waals surface area (Å²) in [5.41, 5.74) is 3.60. The fourth-order valence-electron chi connectivity index (χ4n) is 3.12. The molecule has 4 rings (SSSR count). The van der Waals surface area contributed by atoms with Crippen molar-refractivity contribution in [3.63, 3.8) is 0 Å². The molecule has 1 fully saturated rings. The largest absolute Gasteiger partial charge is 0.384 e. The van der Waals surface area contributed by atoms with Gasteiger partial charge in [0.25, 0.3) is 5.89 Å². The Morgan fingerprint density at radius 3 is 3.10 bits per heavy atom. The number of fused-ring (bicyclic) bond motifs is 1. The Bertz CT molecular complexity index is 634. The zero-order valence-electron chi connectivity index (χ0n) is 12.0. The van der Waals surface area contributed by atoms with E-state index in [-0.39, 0.29) is 0 Å². The second-order valence-electron chi connectivity index (χ2n) is 5.78. The molecule has 0 unspecified atom stereocenters. The van der Waals surface area contributed by atoms with Gasteiger partial charge in [0.15, 0.2) is 5.82 Å².